The molecule has 0 radical (unpaired) electrons. The SMILES string of the molecule is CC1CN(C)CCN1C(=O)c1cccc2c1OCCO2. The molecule has 1 aromatic rings. The Balaban J connectivity index is 1.87. The third-order valence-corrected chi connectivity index (χ3v) is 3.89. The van der Waals surface area contributed by atoms with Gasteiger partial charge in [-0.05, 0) is 26.1 Å². The van der Waals surface area contributed by atoms with Crippen molar-refractivity contribution >= 4 is 5.91 Å². The molecular formula is C15H20N2O3. The van der Waals surface area contributed by atoms with Gasteiger partial charge in [-0.3, -0.25) is 4.79 Å². The van der Waals surface area contributed by atoms with E-state index in [2.05, 4.69) is 18.9 Å². The first-order valence-corrected chi connectivity index (χ1v) is 7.05. The van der Waals surface area contributed by atoms with Crippen molar-refractivity contribution in [2.75, 3.05) is 39.9 Å². The molecular weight excluding hydrogens is 256 g/mol. The maximum absolute atomic E-state index is 12.8. The molecule has 0 aliphatic carbocycles. The van der Waals surface area contributed by atoms with Crippen LogP contribution in [0.15, 0.2) is 18.2 Å². The van der Waals surface area contributed by atoms with Gasteiger partial charge in [0.1, 0.15) is 13.2 Å². The third-order valence-electron chi connectivity index (χ3n) is 3.89. The molecule has 1 atom stereocenters. The van der Waals surface area contributed by atoms with Crippen molar-refractivity contribution in [2.24, 2.45) is 0 Å². The number of likely N-dealkylation sites (N-methyl/N-ethyl adjacent to an activating group) is 1. The Bertz CT molecular complexity index is 518. The molecule has 5 heteroatoms. The van der Waals surface area contributed by atoms with Crippen molar-refractivity contribution in [1.29, 1.82) is 0 Å². The van der Waals surface area contributed by atoms with Gasteiger partial charge in [-0.2, -0.15) is 0 Å². The number of para-hydroxylation sites is 1. The second kappa shape index (κ2) is 5.32. The molecule has 0 spiro atoms. The molecule has 0 bridgehead atoms. The fourth-order valence-corrected chi connectivity index (χ4v) is 2.84. The maximum atomic E-state index is 12.8. The zero-order valence-electron chi connectivity index (χ0n) is 12.0. The summed E-state index contributed by atoms with van der Waals surface area (Å²) in [7, 11) is 2.08. The number of rotatable bonds is 1. The predicted molar refractivity (Wildman–Crippen MR) is 75.4 cm³/mol. The molecule has 2 aliphatic heterocycles. The Morgan fingerprint density at radius 3 is 2.85 bits per heavy atom. The minimum Gasteiger partial charge on any atom is -0.486 e. The fraction of sp³-hybridized carbons (Fsp3) is 0.533. The number of piperazine rings is 1. The lowest BCUT2D eigenvalue weighted by Gasteiger charge is -2.38. The minimum absolute atomic E-state index is 0.0351. The van der Waals surface area contributed by atoms with Gasteiger partial charge in [-0.1, -0.05) is 6.07 Å². The highest BCUT2D eigenvalue weighted by molar-refractivity contribution is 5.98. The van der Waals surface area contributed by atoms with Crippen LogP contribution in [0.1, 0.15) is 17.3 Å². The number of benzene rings is 1. The Labute approximate surface area is 119 Å². The quantitative estimate of drug-likeness (QED) is 0.774. The third kappa shape index (κ3) is 2.33. The van der Waals surface area contributed by atoms with E-state index in [1.165, 1.54) is 0 Å². The molecule has 1 unspecified atom stereocenters. The number of ether oxygens (including phenoxy) is 2. The topological polar surface area (TPSA) is 42.0 Å². The van der Waals surface area contributed by atoms with Gasteiger partial charge in [0.2, 0.25) is 0 Å². The number of hydrogen-bond acceptors (Lipinski definition) is 4. The van der Waals surface area contributed by atoms with Crippen LogP contribution in [0, 0.1) is 0 Å². The summed E-state index contributed by atoms with van der Waals surface area (Å²) < 4.78 is 11.2. The molecule has 20 heavy (non-hydrogen) atoms. The molecule has 1 amide bonds. The lowest BCUT2D eigenvalue weighted by Crippen LogP contribution is -2.52. The van der Waals surface area contributed by atoms with Crippen LogP contribution in [0.2, 0.25) is 0 Å². The molecule has 2 aliphatic rings. The van der Waals surface area contributed by atoms with Crippen molar-refractivity contribution in [3.05, 3.63) is 23.8 Å². The van der Waals surface area contributed by atoms with Crippen molar-refractivity contribution in [1.82, 2.24) is 9.80 Å². The van der Waals surface area contributed by atoms with E-state index in [1.807, 2.05) is 23.1 Å². The highest BCUT2D eigenvalue weighted by atomic mass is 16.6. The van der Waals surface area contributed by atoms with E-state index in [0.29, 0.717) is 30.3 Å². The van der Waals surface area contributed by atoms with Crippen LogP contribution >= 0.6 is 0 Å². The fourth-order valence-electron chi connectivity index (χ4n) is 2.84. The molecule has 1 aromatic carbocycles. The number of carbonyl (C=O) groups excluding carboxylic acids is 1. The van der Waals surface area contributed by atoms with Crippen LogP contribution in [0.25, 0.3) is 0 Å². The standard InChI is InChI=1S/C15H20N2O3/c1-11-10-16(2)6-7-17(11)15(18)12-4-3-5-13-14(12)20-9-8-19-13/h3-5,11H,6-10H2,1-2H3. The molecule has 1 fully saturated rings. The summed E-state index contributed by atoms with van der Waals surface area (Å²) in [6.45, 7) is 5.67. The second-order valence-corrected chi connectivity index (χ2v) is 5.44. The summed E-state index contributed by atoms with van der Waals surface area (Å²) in [6, 6.07) is 5.72. The highest BCUT2D eigenvalue weighted by Gasteiger charge is 2.29. The summed E-state index contributed by atoms with van der Waals surface area (Å²) in [6.07, 6.45) is 0. The average molecular weight is 276 g/mol. The first-order valence-electron chi connectivity index (χ1n) is 7.05. The summed E-state index contributed by atoms with van der Waals surface area (Å²) in [4.78, 5) is 16.9. The van der Waals surface area contributed by atoms with Crippen LogP contribution in [-0.2, 0) is 0 Å². The molecule has 0 N–H and O–H groups in total. The van der Waals surface area contributed by atoms with E-state index in [4.69, 9.17) is 9.47 Å². The van der Waals surface area contributed by atoms with Crippen LogP contribution in [-0.4, -0.2) is 61.6 Å². The van der Waals surface area contributed by atoms with Crippen molar-refractivity contribution in [2.45, 2.75) is 13.0 Å². The lowest BCUT2D eigenvalue weighted by molar-refractivity contribution is 0.0525. The first-order chi connectivity index (χ1) is 9.66. The summed E-state index contributed by atoms with van der Waals surface area (Å²) in [5, 5.41) is 0. The second-order valence-electron chi connectivity index (χ2n) is 5.44. The summed E-state index contributed by atoms with van der Waals surface area (Å²) in [5.41, 5.74) is 0.610. The largest absolute Gasteiger partial charge is 0.486 e. The smallest absolute Gasteiger partial charge is 0.258 e. The number of amides is 1. The molecule has 3 rings (SSSR count). The molecule has 108 valence electrons. The van der Waals surface area contributed by atoms with Crippen LogP contribution in [0.4, 0.5) is 0 Å². The number of carbonyl (C=O) groups is 1. The van der Waals surface area contributed by atoms with Gasteiger partial charge >= 0.3 is 0 Å². The van der Waals surface area contributed by atoms with Crippen LogP contribution in [0.5, 0.6) is 11.5 Å². The predicted octanol–water partition coefficient (Wildman–Crippen LogP) is 1.23. The average Bonchev–Trinajstić information content (AvgIpc) is 2.46. The van der Waals surface area contributed by atoms with E-state index in [9.17, 15) is 4.79 Å². The monoisotopic (exact) mass is 276 g/mol. The van der Waals surface area contributed by atoms with E-state index < -0.39 is 0 Å². The molecule has 0 saturated carbocycles. The van der Waals surface area contributed by atoms with E-state index >= 15 is 0 Å². The van der Waals surface area contributed by atoms with Gasteiger partial charge in [-0.25, -0.2) is 0 Å². The first kappa shape index (κ1) is 13.2. The Hall–Kier alpha value is -1.75. The Morgan fingerprint density at radius 2 is 2.05 bits per heavy atom. The van der Waals surface area contributed by atoms with Gasteiger partial charge in [0.25, 0.3) is 5.91 Å². The number of nitrogens with zero attached hydrogens (tertiary/aromatic N) is 2. The summed E-state index contributed by atoms with van der Waals surface area (Å²) >= 11 is 0. The van der Waals surface area contributed by atoms with Crippen molar-refractivity contribution in [3.8, 4) is 11.5 Å². The van der Waals surface area contributed by atoms with E-state index in [0.717, 1.165) is 19.6 Å². The van der Waals surface area contributed by atoms with Gasteiger partial charge in [0, 0.05) is 25.7 Å². The maximum Gasteiger partial charge on any atom is 0.258 e. The van der Waals surface area contributed by atoms with E-state index in [-0.39, 0.29) is 11.9 Å². The molecule has 0 aromatic heterocycles. The molecule has 5 nitrogen and oxygen atoms in total. The number of fused-ring (bicyclic) bond motifs is 1. The Morgan fingerprint density at radius 1 is 1.25 bits per heavy atom. The Kier molecular flexibility index (Phi) is 3.53. The van der Waals surface area contributed by atoms with Gasteiger partial charge in [0.15, 0.2) is 11.5 Å². The number of hydrogen-bond donors (Lipinski definition) is 0. The zero-order valence-corrected chi connectivity index (χ0v) is 12.0. The zero-order chi connectivity index (χ0) is 14.1. The van der Waals surface area contributed by atoms with E-state index in [1.54, 1.807) is 0 Å². The normalized spacial score (nSPS) is 22.7. The highest BCUT2D eigenvalue weighted by Crippen LogP contribution is 2.34. The summed E-state index contributed by atoms with van der Waals surface area (Å²) in [5.74, 6) is 1.30. The minimum atomic E-state index is 0.0351. The lowest BCUT2D eigenvalue weighted by atomic mass is 10.1. The van der Waals surface area contributed by atoms with Gasteiger partial charge < -0.3 is 19.3 Å². The van der Waals surface area contributed by atoms with Gasteiger partial charge in [0.05, 0.1) is 5.56 Å². The van der Waals surface area contributed by atoms with Gasteiger partial charge in [-0.15, -0.1) is 0 Å². The van der Waals surface area contributed by atoms with Crippen LogP contribution < -0.4 is 9.47 Å². The molecule has 2 heterocycles. The van der Waals surface area contributed by atoms with Crippen molar-refractivity contribution < 1.29 is 14.3 Å². The van der Waals surface area contributed by atoms with Crippen LogP contribution in [0.3, 0.4) is 0 Å². The van der Waals surface area contributed by atoms with Crippen molar-refractivity contribution in [3.63, 3.8) is 0 Å². The molecule has 1 saturated heterocycles.